The summed E-state index contributed by atoms with van der Waals surface area (Å²) in [5.74, 6) is -0.679. The van der Waals surface area contributed by atoms with E-state index >= 15 is 0 Å². The molecule has 0 bridgehead atoms. The van der Waals surface area contributed by atoms with E-state index in [0.29, 0.717) is 27.1 Å². The number of rotatable bonds is 4. The lowest BCUT2D eigenvalue weighted by Crippen LogP contribution is -2.42. The number of hydrogen-bond donors (Lipinski definition) is 2. The number of para-hydroxylation sites is 2. The molecule has 3 aromatic rings. The van der Waals surface area contributed by atoms with Crippen LogP contribution in [0.25, 0.3) is 0 Å². The Hall–Kier alpha value is -3.04. The number of carbonyl (C=O) groups is 3. The van der Waals surface area contributed by atoms with Crippen molar-refractivity contribution in [2.75, 3.05) is 22.1 Å². The molecule has 9 heteroatoms. The number of nitrogens with one attached hydrogen (secondary N) is 2. The SMILES string of the molecule is O=C1CN(C(=O)Cc2csc(NC(=O)c3cccs3)n2)c2ccccc2N1. The highest BCUT2D eigenvalue weighted by atomic mass is 32.1. The van der Waals surface area contributed by atoms with E-state index in [4.69, 9.17) is 0 Å². The van der Waals surface area contributed by atoms with Crippen molar-refractivity contribution < 1.29 is 14.4 Å². The molecule has 3 amide bonds. The summed E-state index contributed by atoms with van der Waals surface area (Å²) in [6.07, 6.45) is 0.0486. The van der Waals surface area contributed by atoms with Crippen LogP contribution >= 0.6 is 22.7 Å². The molecule has 0 atom stereocenters. The van der Waals surface area contributed by atoms with Gasteiger partial charge in [-0.25, -0.2) is 4.98 Å². The van der Waals surface area contributed by atoms with Gasteiger partial charge in [-0.3, -0.25) is 19.7 Å². The van der Waals surface area contributed by atoms with Gasteiger partial charge in [0, 0.05) is 5.38 Å². The van der Waals surface area contributed by atoms with Crippen LogP contribution in [0.1, 0.15) is 15.4 Å². The average Bonchev–Trinajstić information content (AvgIpc) is 3.33. The van der Waals surface area contributed by atoms with E-state index in [9.17, 15) is 14.4 Å². The summed E-state index contributed by atoms with van der Waals surface area (Å²) in [5.41, 5.74) is 1.84. The third-order valence-corrected chi connectivity index (χ3v) is 5.60. The van der Waals surface area contributed by atoms with Gasteiger partial charge in [0.15, 0.2) is 5.13 Å². The van der Waals surface area contributed by atoms with E-state index < -0.39 is 0 Å². The molecule has 1 aliphatic heterocycles. The quantitative estimate of drug-likeness (QED) is 0.707. The van der Waals surface area contributed by atoms with Crippen LogP contribution in [-0.4, -0.2) is 29.3 Å². The van der Waals surface area contributed by atoms with Gasteiger partial charge in [-0.05, 0) is 23.6 Å². The maximum atomic E-state index is 12.7. The third-order valence-electron chi connectivity index (χ3n) is 3.92. The number of aromatic nitrogens is 1. The maximum Gasteiger partial charge on any atom is 0.267 e. The first-order chi connectivity index (χ1) is 13.1. The standard InChI is InChI=1S/C18H14N4O3S2/c23-15-9-22(13-5-2-1-4-12(13)20-15)16(24)8-11-10-27-18(19-11)21-17(25)14-6-3-7-26-14/h1-7,10H,8-9H2,(H,20,23)(H,19,21,25). The van der Waals surface area contributed by atoms with Crippen LogP contribution < -0.4 is 15.5 Å². The van der Waals surface area contributed by atoms with Crippen molar-refractivity contribution in [3.05, 3.63) is 57.7 Å². The molecule has 1 aromatic carbocycles. The molecule has 0 spiro atoms. The minimum Gasteiger partial charge on any atom is -0.323 e. The van der Waals surface area contributed by atoms with Gasteiger partial charge in [-0.15, -0.1) is 22.7 Å². The fraction of sp³-hybridized carbons (Fsp3) is 0.111. The average molecular weight is 398 g/mol. The summed E-state index contributed by atoms with van der Waals surface area (Å²) >= 11 is 2.61. The first-order valence-corrected chi connectivity index (χ1v) is 9.84. The zero-order valence-corrected chi connectivity index (χ0v) is 15.6. The molecule has 2 N–H and O–H groups in total. The van der Waals surface area contributed by atoms with Gasteiger partial charge in [0.2, 0.25) is 11.8 Å². The van der Waals surface area contributed by atoms with Crippen molar-refractivity contribution in [3.63, 3.8) is 0 Å². The second-order valence-electron chi connectivity index (χ2n) is 5.80. The zero-order valence-electron chi connectivity index (χ0n) is 14.0. The predicted octanol–water partition coefficient (Wildman–Crippen LogP) is 2.98. The molecular weight excluding hydrogens is 384 g/mol. The molecule has 3 heterocycles. The maximum absolute atomic E-state index is 12.7. The number of thiazole rings is 1. The summed E-state index contributed by atoms with van der Waals surface area (Å²) in [4.78, 5) is 43.0. The molecule has 27 heavy (non-hydrogen) atoms. The minimum absolute atomic E-state index is 0.0258. The fourth-order valence-electron chi connectivity index (χ4n) is 2.72. The van der Waals surface area contributed by atoms with E-state index in [0.717, 1.165) is 0 Å². The Labute approximate surface area is 162 Å². The van der Waals surface area contributed by atoms with Gasteiger partial charge >= 0.3 is 0 Å². The Balaban J connectivity index is 1.46. The molecule has 1 aliphatic rings. The molecule has 0 unspecified atom stereocenters. The summed E-state index contributed by atoms with van der Waals surface area (Å²) in [7, 11) is 0. The predicted molar refractivity (Wildman–Crippen MR) is 106 cm³/mol. The number of fused-ring (bicyclic) bond motifs is 1. The van der Waals surface area contributed by atoms with Gasteiger partial charge in [0.05, 0.1) is 28.4 Å². The molecule has 136 valence electrons. The normalized spacial score (nSPS) is 13.0. The summed E-state index contributed by atoms with van der Waals surface area (Å²) in [6.45, 7) is -0.0258. The van der Waals surface area contributed by atoms with E-state index in [-0.39, 0.29) is 30.7 Å². The van der Waals surface area contributed by atoms with E-state index in [1.165, 1.54) is 27.6 Å². The molecular formula is C18H14N4O3S2. The Bertz CT molecular complexity index is 1010. The molecule has 4 rings (SSSR count). The topological polar surface area (TPSA) is 91.4 Å². The van der Waals surface area contributed by atoms with Crippen molar-refractivity contribution in [1.29, 1.82) is 0 Å². The van der Waals surface area contributed by atoms with Gasteiger partial charge in [-0.1, -0.05) is 18.2 Å². The van der Waals surface area contributed by atoms with E-state index in [1.807, 2.05) is 11.4 Å². The fourth-order valence-corrected chi connectivity index (χ4v) is 4.04. The van der Waals surface area contributed by atoms with Crippen molar-refractivity contribution in [2.45, 2.75) is 6.42 Å². The molecule has 0 aliphatic carbocycles. The number of amides is 3. The molecule has 0 fully saturated rings. The number of anilines is 3. The van der Waals surface area contributed by atoms with Crippen molar-refractivity contribution in [3.8, 4) is 0 Å². The van der Waals surface area contributed by atoms with Crippen LogP contribution in [0.4, 0.5) is 16.5 Å². The second kappa shape index (κ2) is 7.29. The number of hydrogen-bond acceptors (Lipinski definition) is 6. The largest absolute Gasteiger partial charge is 0.323 e. The van der Waals surface area contributed by atoms with Crippen molar-refractivity contribution in [1.82, 2.24) is 4.98 Å². The van der Waals surface area contributed by atoms with E-state index in [2.05, 4.69) is 15.6 Å². The Morgan fingerprint density at radius 3 is 2.85 bits per heavy atom. The lowest BCUT2D eigenvalue weighted by Gasteiger charge is -2.29. The lowest BCUT2D eigenvalue weighted by molar-refractivity contribution is -0.121. The van der Waals surface area contributed by atoms with Crippen LogP contribution in [0, 0.1) is 0 Å². The van der Waals surface area contributed by atoms with Crippen LogP contribution in [0.15, 0.2) is 47.2 Å². The van der Waals surface area contributed by atoms with Gasteiger partial charge < -0.3 is 10.2 Å². The first kappa shape index (κ1) is 17.4. The molecule has 0 radical (unpaired) electrons. The number of carbonyl (C=O) groups excluding carboxylic acids is 3. The number of thiophene rings is 1. The summed E-state index contributed by atoms with van der Waals surface area (Å²) in [6, 6.07) is 10.7. The summed E-state index contributed by atoms with van der Waals surface area (Å²) < 4.78 is 0. The number of benzene rings is 1. The minimum atomic E-state index is -0.232. The highest BCUT2D eigenvalue weighted by Gasteiger charge is 2.27. The van der Waals surface area contributed by atoms with Gasteiger partial charge in [0.1, 0.15) is 6.54 Å². The smallest absolute Gasteiger partial charge is 0.267 e. The third kappa shape index (κ3) is 3.74. The summed E-state index contributed by atoms with van der Waals surface area (Å²) in [5, 5.41) is 9.48. The highest BCUT2D eigenvalue weighted by molar-refractivity contribution is 7.14. The molecule has 0 saturated carbocycles. The highest BCUT2D eigenvalue weighted by Crippen LogP contribution is 2.29. The van der Waals surface area contributed by atoms with E-state index in [1.54, 1.807) is 35.7 Å². The second-order valence-corrected chi connectivity index (χ2v) is 7.60. The van der Waals surface area contributed by atoms with Crippen molar-refractivity contribution in [2.24, 2.45) is 0 Å². The first-order valence-electron chi connectivity index (χ1n) is 8.08. The molecule has 7 nitrogen and oxygen atoms in total. The monoisotopic (exact) mass is 398 g/mol. The van der Waals surface area contributed by atoms with Crippen LogP contribution in [0.2, 0.25) is 0 Å². The van der Waals surface area contributed by atoms with Crippen LogP contribution in [-0.2, 0) is 16.0 Å². The van der Waals surface area contributed by atoms with Crippen LogP contribution in [0.3, 0.4) is 0 Å². The zero-order chi connectivity index (χ0) is 18.8. The molecule has 0 saturated heterocycles. The lowest BCUT2D eigenvalue weighted by atomic mass is 10.1. The van der Waals surface area contributed by atoms with Crippen molar-refractivity contribution >= 4 is 56.9 Å². The Morgan fingerprint density at radius 2 is 2.04 bits per heavy atom. The molecule has 2 aromatic heterocycles. The Morgan fingerprint density at radius 1 is 1.19 bits per heavy atom. The van der Waals surface area contributed by atoms with Gasteiger partial charge in [0.25, 0.3) is 5.91 Å². The van der Waals surface area contributed by atoms with Gasteiger partial charge in [-0.2, -0.15) is 0 Å². The van der Waals surface area contributed by atoms with Crippen LogP contribution in [0.5, 0.6) is 0 Å². The Kier molecular flexibility index (Phi) is 4.69. The number of nitrogens with zero attached hydrogens (tertiary/aromatic N) is 2.